The Bertz CT molecular complexity index is 3420. The zero-order valence-corrected chi connectivity index (χ0v) is 29.5. The van der Waals surface area contributed by atoms with Crippen molar-refractivity contribution in [1.82, 2.24) is 13.7 Å². The molecule has 0 radical (unpaired) electrons. The Morgan fingerprint density at radius 3 is 1.44 bits per heavy atom. The van der Waals surface area contributed by atoms with Gasteiger partial charge in [-0.25, -0.2) is 9.69 Å². The summed E-state index contributed by atoms with van der Waals surface area (Å²) in [6.07, 6.45) is 0. The van der Waals surface area contributed by atoms with Crippen LogP contribution < -0.4 is 0 Å². The molecule has 0 N–H and O–H groups in total. The van der Waals surface area contributed by atoms with E-state index in [1.807, 2.05) is 30.3 Å². The minimum atomic E-state index is 0.580. The lowest BCUT2D eigenvalue weighted by molar-refractivity contribution is 1.15. The molecule has 3 aromatic heterocycles. The Kier molecular flexibility index (Phi) is 6.61. The summed E-state index contributed by atoms with van der Waals surface area (Å²) in [5, 5.41) is 6.97. The summed E-state index contributed by atoms with van der Waals surface area (Å²) in [6, 6.07) is 61.3. The predicted molar refractivity (Wildman–Crippen MR) is 227 cm³/mol. The van der Waals surface area contributed by atoms with Crippen LogP contribution in [0.3, 0.4) is 0 Å². The Morgan fingerprint density at radius 1 is 0.345 bits per heavy atom. The standard InChI is InChI=1S/C50H29N5/c1-51-33-25-27-40-38-17-5-9-22-45(38)54(48(40)30-33)34-14-11-13-32(29-34)50-42(52-2)19-12-24-47(50)55-46-23-10-6-18-39(46)41-28-26-35(31-49(41)55)53-43-20-7-3-15-36(43)37-16-4-8-21-44(37)53/h3-31H. The van der Waals surface area contributed by atoms with Crippen LogP contribution in [-0.4, -0.2) is 13.7 Å². The van der Waals surface area contributed by atoms with Crippen molar-refractivity contribution in [3.63, 3.8) is 0 Å². The summed E-state index contributed by atoms with van der Waals surface area (Å²) in [6.45, 7) is 16.1. The first-order valence-corrected chi connectivity index (χ1v) is 18.3. The van der Waals surface area contributed by atoms with E-state index in [1.165, 1.54) is 10.8 Å². The molecule has 0 aliphatic heterocycles. The fraction of sp³-hybridized carbons (Fsp3) is 0. The molecule has 0 unspecified atom stereocenters. The van der Waals surface area contributed by atoms with Crippen molar-refractivity contribution in [2.45, 2.75) is 0 Å². The second-order valence-electron chi connectivity index (χ2n) is 13.9. The van der Waals surface area contributed by atoms with Crippen molar-refractivity contribution in [3.05, 3.63) is 199 Å². The number of benzene rings is 8. The quantitative estimate of drug-likeness (QED) is 0.163. The third-order valence-corrected chi connectivity index (χ3v) is 11.1. The summed E-state index contributed by atoms with van der Waals surface area (Å²) >= 11 is 0. The van der Waals surface area contributed by atoms with Gasteiger partial charge < -0.3 is 13.7 Å². The van der Waals surface area contributed by atoms with Crippen molar-refractivity contribution in [2.24, 2.45) is 0 Å². The number of hydrogen-bond acceptors (Lipinski definition) is 0. The van der Waals surface area contributed by atoms with Gasteiger partial charge in [0.15, 0.2) is 11.4 Å². The molecule has 0 fully saturated rings. The average Bonchev–Trinajstić information content (AvgIpc) is 3.88. The highest BCUT2D eigenvalue weighted by Crippen LogP contribution is 2.43. The highest BCUT2D eigenvalue weighted by Gasteiger charge is 2.21. The van der Waals surface area contributed by atoms with Gasteiger partial charge in [-0.3, -0.25) is 0 Å². The molecule has 254 valence electrons. The predicted octanol–water partition coefficient (Wildman–Crippen LogP) is 13.7. The molecular weight excluding hydrogens is 671 g/mol. The summed E-state index contributed by atoms with van der Waals surface area (Å²) in [5.74, 6) is 0. The Labute approximate surface area is 316 Å². The number of fused-ring (bicyclic) bond motifs is 9. The van der Waals surface area contributed by atoms with E-state index in [-0.39, 0.29) is 0 Å². The van der Waals surface area contributed by atoms with Gasteiger partial charge in [0, 0.05) is 60.5 Å². The average molecular weight is 700 g/mol. The minimum Gasteiger partial charge on any atom is -0.310 e. The van der Waals surface area contributed by atoms with E-state index in [9.17, 15) is 0 Å². The molecule has 0 saturated carbocycles. The van der Waals surface area contributed by atoms with Crippen molar-refractivity contribution in [2.75, 3.05) is 0 Å². The van der Waals surface area contributed by atoms with E-state index in [2.05, 4.69) is 169 Å². The first kappa shape index (κ1) is 30.7. The zero-order chi connectivity index (χ0) is 36.6. The summed E-state index contributed by atoms with van der Waals surface area (Å²) < 4.78 is 6.93. The van der Waals surface area contributed by atoms with Gasteiger partial charge in [-0.05, 0) is 66.2 Å². The van der Waals surface area contributed by atoms with Crippen LogP contribution in [0.25, 0.3) is 103 Å². The Morgan fingerprint density at radius 2 is 0.836 bits per heavy atom. The van der Waals surface area contributed by atoms with E-state index in [0.29, 0.717) is 11.4 Å². The van der Waals surface area contributed by atoms with Gasteiger partial charge in [-0.15, -0.1) is 0 Å². The smallest absolute Gasteiger partial charge is 0.196 e. The Hall–Kier alpha value is -7.86. The lowest BCUT2D eigenvalue weighted by Crippen LogP contribution is -2.00. The first-order valence-electron chi connectivity index (χ1n) is 18.3. The van der Waals surface area contributed by atoms with Crippen LogP contribution in [-0.2, 0) is 0 Å². The highest BCUT2D eigenvalue weighted by atomic mass is 15.0. The molecule has 3 heterocycles. The fourth-order valence-corrected chi connectivity index (χ4v) is 8.77. The Balaban J connectivity index is 1.18. The summed E-state index contributed by atoms with van der Waals surface area (Å²) in [4.78, 5) is 7.87. The molecule has 5 heteroatoms. The largest absolute Gasteiger partial charge is 0.310 e. The van der Waals surface area contributed by atoms with Crippen molar-refractivity contribution < 1.29 is 0 Å². The normalized spacial score (nSPS) is 11.6. The second kappa shape index (κ2) is 11.8. The van der Waals surface area contributed by atoms with Crippen LogP contribution in [0.2, 0.25) is 0 Å². The van der Waals surface area contributed by atoms with Gasteiger partial charge >= 0.3 is 0 Å². The van der Waals surface area contributed by atoms with Gasteiger partial charge in [0.2, 0.25) is 0 Å². The van der Waals surface area contributed by atoms with Gasteiger partial charge in [0.1, 0.15) is 0 Å². The van der Waals surface area contributed by atoms with E-state index < -0.39 is 0 Å². The minimum absolute atomic E-state index is 0.580. The molecule has 0 aliphatic carbocycles. The second-order valence-corrected chi connectivity index (χ2v) is 13.9. The van der Waals surface area contributed by atoms with Crippen LogP contribution >= 0.6 is 0 Å². The molecule has 55 heavy (non-hydrogen) atoms. The van der Waals surface area contributed by atoms with E-state index in [4.69, 9.17) is 13.1 Å². The molecule has 8 aromatic carbocycles. The maximum atomic E-state index is 8.40. The van der Waals surface area contributed by atoms with Gasteiger partial charge in [0.05, 0.1) is 40.7 Å². The SMILES string of the molecule is [C-]#[N+]c1ccc2c3ccccc3n(-c3cccc(-c4c([N+]#[C-])cccc4-n4c5ccccc5c5ccc(-n6c7ccccc7c7ccccc76)cc54)c3)c2c1. The topological polar surface area (TPSA) is 23.5 Å². The van der Waals surface area contributed by atoms with Crippen molar-refractivity contribution >= 4 is 76.8 Å². The number of nitrogens with zero attached hydrogens (tertiary/aromatic N) is 5. The highest BCUT2D eigenvalue weighted by molar-refractivity contribution is 6.13. The van der Waals surface area contributed by atoms with Crippen LogP contribution in [0.15, 0.2) is 176 Å². The maximum absolute atomic E-state index is 8.40. The monoisotopic (exact) mass is 699 g/mol. The molecule has 0 atom stereocenters. The zero-order valence-electron chi connectivity index (χ0n) is 29.5. The van der Waals surface area contributed by atoms with Crippen LogP contribution in [0.4, 0.5) is 11.4 Å². The molecule has 11 aromatic rings. The maximum Gasteiger partial charge on any atom is 0.196 e. The molecule has 0 amide bonds. The lowest BCUT2D eigenvalue weighted by Gasteiger charge is -2.17. The molecule has 0 aliphatic rings. The molecule has 0 saturated heterocycles. The summed E-state index contributed by atoms with van der Waals surface area (Å²) in [5.41, 5.74) is 12.5. The number of para-hydroxylation sites is 4. The van der Waals surface area contributed by atoms with E-state index in [0.717, 1.165) is 82.8 Å². The third-order valence-electron chi connectivity index (χ3n) is 11.1. The summed E-state index contributed by atoms with van der Waals surface area (Å²) in [7, 11) is 0. The van der Waals surface area contributed by atoms with Crippen LogP contribution in [0, 0.1) is 13.1 Å². The molecule has 5 nitrogen and oxygen atoms in total. The molecule has 0 spiro atoms. The molecular formula is C50H29N5. The fourth-order valence-electron chi connectivity index (χ4n) is 8.77. The van der Waals surface area contributed by atoms with Crippen molar-refractivity contribution in [1.29, 1.82) is 0 Å². The van der Waals surface area contributed by atoms with Gasteiger partial charge in [-0.1, -0.05) is 115 Å². The number of hydrogen-bond donors (Lipinski definition) is 0. The molecule has 11 rings (SSSR count). The lowest BCUT2D eigenvalue weighted by atomic mass is 10.00. The first-order chi connectivity index (χ1) is 27.2. The van der Waals surface area contributed by atoms with Gasteiger partial charge in [0.25, 0.3) is 0 Å². The number of aromatic nitrogens is 3. The molecule has 0 bridgehead atoms. The van der Waals surface area contributed by atoms with E-state index >= 15 is 0 Å². The third kappa shape index (κ3) is 4.45. The van der Waals surface area contributed by atoms with Crippen LogP contribution in [0.5, 0.6) is 0 Å². The van der Waals surface area contributed by atoms with Crippen molar-refractivity contribution in [3.8, 4) is 28.2 Å². The van der Waals surface area contributed by atoms with Gasteiger partial charge in [-0.2, -0.15) is 0 Å². The number of rotatable bonds is 4. The van der Waals surface area contributed by atoms with Crippen LogP contribution in [0.1, 0.15) is 0 Å². The van der Waals surface area contributed by atoms with E-state index in [1.54, 1.807) is 0 Å².